The first-order valence-corrected chi connectivity index (χ1v) is 8.24. The van der Waals surface area contributed by atoms with Gasteiger partial charge in [0.1, 0.15) is 12.4 Å². The third-order valence-corrected chi connectivity index (χ3v) is 4.49. The summed E-state index contributed by atoms with van der Waals surface area (Å²) >= 11 is 0. The summed E-state index contributed by atoms with van der Waals surface area (Å²) < 4.78 is 5.88. The van der Waals surface area contributed by atoms with Gasteiger partial charge in [0, 0.05) is 12.1 Å². The lowest BCUT2D eigenvalue weighted by Crippen LogP contribution is -2.39. The van der Waals surface area contributed by atoms with Crippen LogP contribution in [0, 0.1) is 6.92 Å². The minimum atomic E-state index is 0.0396. The van der Waals surface area contributed by atoms with E-state index in [4.69, 9.17) is 4.74 Å². The maximum atomic E-state index is 12.7. The summed E-state index contributed by atoms with van der Waals surface area (Å²) in [7, 11) is 0. The molecule has 24 heavy (non-hydrogen) atoms. The normalized spacial score (nSPS) is 16.9. The first-order chi connectivity index (χ1) is 11.7. The highest BCUT2D eigenvalue weighted by Gasteiger charge is 2.30. The number of carbonyl (C=O) groups is 2. The maximum Gasteiger partial charge on any atom is 0.254 e. The molecule has 1 amide bonds. The summed E-state index contributed by atoms with van der Waals surface area (Å²) in [5.74, 6) is 0.630. The molecule has 1 saturated heterocycles. The number of carbonyl (C=O) groups excluding carboxylic acids is 2. The monoisotopic (exact) mass is 323 g/mol. The van der Waals surface area contributed by atoms with E-state index in [1.807, 2.05) is 54.3 Å². The van der Waals surface area contributed by atoms with Crippen LogP contribution < -0.4 is 4.74 Å². The molecule has 2 aromatic carbocycles. The van der Waals surface area contributed by atoms with Crippen LogP contribution in [0.2, 0.25) is 0 Å². The van der Waals surface area contributed by atoms with Crippen molar-refractivity contribution in [2.45, 2.75) is 25.8 Å². The topological polar surface area (TPSA) is 46.6 Å². The first kappa shape index (κ1) is 16.2. The molecule has 1 aliphatic heterocycles. The summed E-state index contributed by atoms with van der Waals surface area (Å²) in [6.45, 7) is 3.04. The smallest absolute Gasteiger partial charge is 0.254 e. The molecule has 0 aliphatic carbocycles. The Balaban J connectivity index is 1.70. The van der Waals surface area contributed by atoms with Crippen LogP contribution in [0.5, 0.6) is 5.75 Å². The van der Waals surface area contributed by atoms with Crippen molar-refractivity contribution in [1.29, 1.82) is 0 Å². The second-order valence-corrected chi connectivity index (χ2v) is 6.08. The van der Waals surface area contributed by atoms with Crippen LogP contribution >= 0.6 is 0 Å². The Morgan fingerprint density at radius 3 is 2.75 bits per heavy atom. The van der Waals surface area contributed by atoms with E-state index in [0.29, 0.717) is 23.5 Å². The standard InChI is InChI=1S/C20H21NO3/c1-15-7-5-11-19(18(15)13-22)24-14-17-10-6-12-21(17)20(23)16-8-3-2-4-9-16/h2-5,7-9,11,13,17H,6,10,12,14H2,1H3/t17-/m0/s1. The summed E-state index contributed by atoms with van der Waals surface area (Å²) in [5, 5.41) is 0. The number of aldehydes is 1. The largest absolute Gasteiger partial charge is 0.491 e. The van der Waals surface area contributed by atoms with E-state index in [-0.39, 0.29) is 11.9 Å². The lowest BCUT2D eigenvalue weighted by Gasteiger charge is -2.25. The van der Waals surface area contributed by atoms with Gasteiger partial charge in [0.25, 0.3) is 5.91 Å². The van der Waals surface area contributed by atoms with Gasteiger partial charge in [0.15, 0.2) is 6.29 Å². The van der Waals surface area contributed by atoms with Crippen LogP contribution in [0.3, 0.4) is 0 Å². The Hall–Kier alpha value is -2.62. The van der Waals surface area contributed by atoms with Crippen molar-refractivity contribution >= 4 is 12.2 Å². The van der Waals surface area contributed by atoms with Crippen molar-refractivity contribution in [1.82, 2.24) is 4.90 Å². The van der Waals surface area contributed by atoms with Crippen molar-refractivity contribution < 1.29 is 14.3 Å². The third kappa shape index (κ3) is 3.32. The predicted molar refractivity (Wildman–Crippen MR) is 92.6 cm³/mol. The van der Waals surface area contributed by atoms with Gasteiger partial charge in [-0.3, -0.25) is 9.59 Å². The molecule has 0 saturated carbocycles. The maximum absolute atomic E-state index is 12.7. The molecule has 4 heteroatoms. The highest BCUT2D eigenvalue weighted by Crippen LogP contribution is 2.24. The van der Waals surface area contributed by atoms with Gasteiger partial charge in [-0.15, -0.1) is 0 Å². The zero-order valence-corrected chi connectivity index (χ0v) is 13.8. The van der Waals surface area contributed by atoms with E-state index in [2.05, 4.69) is 0 Å². The fraction of sp³-hybridized carbons (Fsp3) is 0.300. The van der Waals surface area contributed by atoms with Crippen LogP contribution in [0.15, 0.2) is 48.5 Å². The Kier molecular flexibility index (Phi) is 4.94. The fourth-order valence-electron chi connectivity index (χ4n) is 3.14. The van der Waals surface area contributed by atoms with Gasteiger partial charge >= 0.3 is 0 Å². The molecule has 0 aromatic heterocycles. The number of nitrogens with zero attached hydrogens (tertiary/aromatic N) is 1. The summed E-state index contributed by atoms with van der Waals surface area (Å²) in [4.78, 5) is 25.8. The summed E-state index contributed by atoms with van der Waals surface area (Å²) in [5.41, 5.74) is 2.18. The first-order valence-electron chi connectivity index (χ1n) is 8.24. The lowest BCUT2D eigenvalue weighted by molar-refractivity contribution is 0.0690. The van der Waals surface area contributed by atoms with Gasteiger partial charge in [-0.05, 0) is 43.5 Å². The molecule has 124 valence electrons. The van der Waals surface area contributed by atoms with E-state index in [1.54, 1.807) is 6.07 Å². The van der Waals surface area contributed by atoms with Gasteiger partial charge in [-0.1, -0.05) is 30.3 Å². The van der Waals surface area contributed by atoms with Crippen molar-refractivity contribution in [3.8, 4) is 5.75 Å². The highest BCUT2D eigenvalue weighted by atomic mass is 16.5. The number of rotatable bonds is 5. The number of amides is 1. The van der Waals surface area contributed by atoms with Crippen LogP contribution in [-0.2, 0) is 0 Å². The van der Waals surface area contributed by atoms with Crippen molar-refractivity contribution in [2.24, 2.45) is 0 Å². The Morgan fingerprint density at radius 1 is 1.21 bits per heavy atom. The van der Waals surface area contributed by atoms with Crippen LogP contribution in [-0.4, -0.2) is 36.3 Å². The number of benzene rings is 2. The number of likely N-dealkylation sites (tertiary alicyclic amines) is 1. The molecule has 1 aliphatic rings. The molecule has 0 unspecified atom stereocenters. The van der Waals surface area contributed by atoms with Crippen LogP contribution in [0.25, 0.3) is 0 Å². The fourth-order valence-corrected chi connectivity index (χ4v) is 3.14. The molecule has 1 heterocycles. The van der Waals surface area contributed by atoms with E-state index >= 15 is 0 Å². The molecular weight excluding hydrogens is 302 g/mol. The third-order valence-electron chi connectivity index (χ3n) is 4.49. The summed E-state index contributed by atoms with van der Waals surface area (Å²) in [6.07, 6.45) is 2.72. The van der Waals surface area contributed by atoms with E-state index < -0.39 is 0 Å². The highest BCUT2D eigenvalue weighted by molar-refractivity contribution is 5.94. The number of hydrogen-bond acceptors (Lipinski definition) is 3. The number of hydrogen-bond donors (Lipinski definition) is 0. The second kappa shape index (κ2) is 7.30. The van der Waals surface area contributed by atoms with Gasteiger partial charge in [-0.25, -0.2) is 0 Å². The second-order valence-electron chi connectivity index (χ2n) is 6.08. The summed E-state index contributed by atoms with van der Waals surface area (Å²) in [6, 6.07) is 14.9. The lowest BCUT2D eigenvalue weighted by atomic mass is 10.1. The van der Waals surface area contributed by atoms with E-state index in [9.17, 15) is 9.59 Å². The Morgan fingerprint density at radius 2 is 2.00 bits per heavy atom. The molecule has 0 N–H and O–H groups in total. The molecular formula is C20H21NO3. The molecule has 0 bridgehead atoms. The van der Waals surface area contributed by atoms with Crippen molar-refractivity contribution in [3.63, 3.8) is 0 Å². The molecule has 4 nitrogen and oxygen atoms in total. The van der Waals surface area contributed by atoms with Gasteiger partial charge in [-0.2, -0.15) is 0 Å². The van der Waals surface area contributed by atoms with Gasteiger partial charge < -0.3 is 9.64 Å². The van der Waals surface area contributed by atoms with Crippen LogP contribution in [0.1, 0.15) is 39.1 Å². The van der Waals surface area contributed by atoms with Crippen molar-refractivity contribution in [2.75, 3.05) is 13.2 Å². The Labute approximate surface area is 142 Å². The minimum Gasteiger partial charge on any atom is -0.491 e. The average molecular weight is 323 g/mol. The Bertz CT molecular complexity index is 727. The number of ether oxygens (including phenoxy) is 1. The molecule has 3 rings (SSSR count). The van der Waals surface area contributed by atoms with Crippen molar-refractivity contribution in [3.05, 3.63) is 65.2 Å². The minimum absolute atomic E-state index is 0.0396. The molecule has 0 radical (unpaired) electrons. The number of aryl methyl sites for hydroxylation is 1. The molecule has 0 spiro atoms. The van der Waals surface area contributed by atoms with Gasteiger partial charge in [0.2, 0.25) is 0 Å². The molecule has 1 atom stereocenters. The quantitative estimate of drug-likeness (QED) is 0.791. The zero-order chi connectivity index (χ0) is 16.9. The average Bonchev–Trinajstić information content (AvgIpc) is 3.08. The van der Waals surface area contributed by atoms with Crippen LogP contribution in [0.4, 0.5) is 0 Å². The van der Waals surface area contributed by atoms with Gasteiger partial charge in [0.05, 0.1) is 11.6 Å². The predicted octanol–water partition coefficient (Wildman–Crippen LogP) is 3.49. The van der Waals surface area contributed by atoms with E-state index in [1.165, 1.54) is 0 Å². The van der Waals surface area contributed by atoms with E-state index in [0.717, 1.165) is 31.2 Å². The molecule has 1 fully saturated rings. The zero-order valence-electron chi connectivity index (χ0n) is 13.8. The SMILES string of the molecule is Cc1cccc(OC[C@@H]2CCCN2C(=O)c2ccccc2)c1C=O. The molecule has 2 aromatic rings.